The number of nitrogens with zero attached hydrogens (tertiary/aromatic N) is 2. The van der Waals surface area contributed by atoms with Crippen molar-refractivity contribution >= 4 is 32.2 Å². The first-order chi connectivity index (χ1) is 8.76. The SMILES string of the molecule is CNC(Cc1cn2ccsc2n1)c1ccc(Br)o1. The van der Waals surface area contributed by atoms with Gasteiger partial charge in [-0.1, -0.05) is 0 Å². The number of hydrogen-bond acceptors (Lipinski definition) is 4. The molecule has 0 saturated carbocycles. The average Bonchev–Trinajstić information content (AvgIpc) is 3.00. The highest BCUT2D eigenvalue weighted by Gasteiger charge is 2.16. The molecule has 0 aliphatic rings. The van der Waals surface area contributed by atoms with Gasteiger partial charge in [-0.05, 0) is 35.1 Å². The van der Waals surface area contributed by atoms with Crippen LogP contribution in [-0.4, -0.2) is 16.4 Å². The van der Waals surface area contributed by atoms with Crippen LogP contribution in [0.1, 0.15) is 17.5 Å². The molecule has 1 N–H and O–H groups in total. The Morgan fingerprint density at radius 2 is 2.44 bits per heavy atom. The molecule has 3 aromatic heterocycles. The molecule has 0 spiro atoms. The van der Waals surface area contributed by atoms with E-state index in [1.807, 2.05) is 35.2 Å². The van der Waals surface area contributed by atoms with E-state index in [1.54, 1.807) is 11.3 Å². The first-order valence-corrected chi connectivity index (χ1v) is 7.27. The zero-order valence-electron chi connectivity index (χ0n) is 9.76. The van der Waals surface area contributed by atoms with E-state index in [0.29, 0.717) is 0 Å². The van der Waals surface area contributed by atoms with Crippen LogP contribution >= 0.6 is 27.3 Å². The van der Waals surface area contributed by atoms with Gasteiger partial charge in [0, 0.05) is 24.2 Å². The number of fused-ring (bicyclic) bond motifs is 1. The summed E-state index contributed by atoms with van der Waals surface area (Å²) in [4.78, 5) is 5.61. The Labute approximate surface area is 117 Å². The molecule has 0 aliphatic carbocycles. The van der Waals surface area contributed by atoms with Gasteiger partial charge in [0.2, 0.25) is 0 Å². The number of thiazole rings is 1. The first-order valence-electron chi connectivity index (χ1n) is 5.60. The summed E-state index contributed by atoms with van der Waals surface area (Å²) in [5.41, 5.74) is 1.06. The molecular weight excluding hydrogens is 314 g/mol. The van der Waals surface area contributed by atoms with Crippen molar-refractivity contribution in [2.24, 2.45) is 0 Å². The molecule has 94 valence electrons. The highest BCUT2D eigenvalue weighted by Crippen LogP contribution is 2.23. The van der Waals surface area contributed by atoms with Crippen molar-refractivity contribution in [3.8, 4) is 0 Å². The van der Waals surface area contributed by atoms with E-state index in [4.69, 9.17) is 4.42 Å². The maximum absolute atomic E-state index is 5.59. The molecule has 1 atom stereocenters. The molecule has 0 radical (unpaired) electrons. The lowest BCUT2D eigenvalue weighted by Crippen LogP contribution is -2.18. The Morgan fingerprint density at radius 1 is 1.56 bits per heavy atom. The number of halogens is 1. The minimum Gasteiger partial charge on any atom is -0.453 e. The lowest BCUT2D eigenvalue weighted by molar-refractivity contribution is 0.415. The zero-order valence-corrected chi connectivity index (χ0v) is 12.2. The molecule has 0 fully saturated rings. The third-order valence-electron chi connectivity index (χ3n) is 2.84. The number of hydrogen-bond donors (Lipinski definition) is 1. The number of imidazole rings is 1. The normalized spacial score (nSPS) is 13.2. The van der Waals surface area contributed by atoms with E-state index in [1.165, 1.54) is 0 Å². The summed E-state index contributed by atoms with van der Waals surface area (Å²) < 4.78 is 8.39. The summed E-state index contributed by atoms with van der Waals surface area (Å²) in [7, 11) is 1.93. The van der Waals surface area contributed by atoms with Crippen LogP contribution in [0.2, 0.25) is 0 Å². The predicted octanol–water partition coefficient (Wildman–Crippen LogP) is 3.25. The van der Waals surface area contributed by atoms with Gasteiger partial charge in [-0.3, -0.25) is 4.40 Å². The van der Waals surface area contributed by atoms with Crippen molar-refractivity contribution in [3.63, 3.8) is 0 Å². The van der Waals surface area contributed by atoms with E-state index >= 15 is 0 Å². The minimum absolute atomic E-state index is 0.140. The Bertz CT molecular complexity index is 628. The second-order valence-corrected chi connectivity index (χ2v) is 5.67. The molecule has 3 aromatic rings. The van der Waals surface area contributed by atoms with Gasteiger partial charge in [0.15, 0.2) is 9.63 Å². The van der Waals surface area contributed by atoms with Gasteiger partial charge in [0.05, 0.1) is 11.7 Å². The van der Waals surface area contributed by atoms with Gasteiger partial charge < -0.3 is 9.73 Å². The molecule has 1 unspecified atom stereocenters. The molecule has 3 heterocycles. The number of furan rings is 1. The molecule has 4 nitrogen and oxygen atoms in total. The van der Waals surface area contributed by atoms with Crippen LogP contribution in [0.3, 0.4) is 0 Å². The molecule has 6 heteroatoms. The second-order valence-electron chi connectivity index (χ2n) is 4.01. The Morgan fingerprint density at radius 3 is 3.11 bits per heavy atom. The number of aromatic nitrogens is 2. The van der Waals surface area contributed by atoms with Crippen LogP contribution in [0.25, 0.3) is 4.96 Å². The topological polar surface area (TPSA) is 42.5 Å². The van der Waals surface area contributed by atoms with Gasteiger partial charge in [-0.2, -0.15) is 0 Å². The summed E-state index contributed by atoms with van der Waals surface area (Å²) in [6.45, 7) is 0. The van der Waals surface area contributed by atoms with Gasteiger partial charge in [-0.15, -0.1) is 11.3 Å². The third-order valence-corrected chi connectivity index (χ3v) is 4.04. The summed E-state index contributed by atoms with van der Waals surface area (Å²) in [6.07, 6.45) is 4.90. The largest absolute Gasteiger partial charge is 0.453 e. The summed E-state index contributed by atoms with van der Waals surface area (Å²) in [5, 5.41) is 5.29. The monoisotopic (exact) mass is 325 g/mol. The summed E-state index contributed by atoms with van der Waals surface area (Å²) in [5.74, 6) is 0.917. The molecule has 0 saturated heterocycles. The van der Waals surface area contributed by atoms with Crippen molar-refractivity contribution in [2.75, 3.05) is 7.05 Å². The minimum atomic E-state index is 0.140. The summed E-state index contributed by atoms with van der Waals surface area (Å²) in [6, 6.07) is 4.02. The molecule has 18 heavy (non-hydrogen) atoms. The van der Waals surface area contributed by atoms with Crippen molar-refractivity contribution in [1.82, 2.24) is 14.7 Å². The highest BCUT2D eigenvalue weighted by atomic mass is 79.9. The highest BCUT2D eigenvalue weighted by molar-refractivity contribution is 9.10. The van der Waals surface area contributed by atoms with Gasteiger partial charge in [-0.25, -0.2) is 4.98 Å². The van der Waals surface area contributed by atoms with Crippen molar-refractivity contribution < 1.29 is 4.42 Å². The van der Waals surface area contributed by atoms with Crippen LogP contribution in [-0.2, 0) is 6.42 Å². The molecular formula is C12H12BrN3OS. The van der Waals surface area contributed by atoms with Crippen LogP contribution in [0.5, 0.6) is 0 Å². The van der Waals surface area contributed by atoms with E-state index < -0.39 is 0 Å². The van der Waals surface area contributed by atoms with Gasteiger partial charge in [0.1, 0.15) is 5.76 Å². The molecule has 0 bridgehead atoms. The summed E-state index contributed by atoms with van der Waals surface area (Å²) >= 11 is 4.97. The Balaban J connectivity index is 1.83. The van der Waals surface area contributed by atoms with E-state index in [2.05, 4.69) is 32.4 Å². The molecule has 3 rings (SSSR count). The smallest absolute Gasteiger partial charge is 0.193 e. The van der Waals surface area contributed by atoms with Gasteiger partial charge in [0.25, 0.3) is 0 Å². The van der Waals surface area contributed by atoms with E-state index in [-0.39, 0.29) is 6.04 Å². The fourth-order valence-corrected chi connectivity index (χ4v) is 2.98. The molecule has 0 aromatic carbocycles. The predicted molar refractivity (Wildman–Crippen MR) is 75.0 cm³/mol. The maximum atomic E-state index is 5.59. The zero-order chi connectivity index (χ0) is 12.5. The van der Waals surface area contributed by atoms with Crippen LogP contribution in [0.4, 0.5) is 0 Å². The van der Waals surface area contributed by atoms with Crippen molar-refractivity contribution in [1.29, 1.82) is 0 Å². The average molecular weight is 326 g/mol. The fraction of sp³-hybridized carbons (Fsp3) is 0.250. The Hall–Kier alpha value is -1.11. The van der Waals surface area contributed by atoms with E-state index in [9.17, 15) is 0 Å². The lowest BCUT2D eigenvalue weighted by atomic mass is 10.1. The van der Waals surface area contributed by atoms with Crippen molar-refractivity contribution in [2.45, 2.75) is 12.5 Å². The first kappa shape index (κ1) is 12.0. The third kappa shape index (κ3) is 2.23. The molecule has 0 aliphatic heterocycles. The van der Waals surface area contributed by atoms with Crippen LogP contribution < -0.4 is 5.32 Å². The number of likely N-dealkylation sites (N-methyl/N-ethyl adjacent to an activating group) is 1. The standard InChI is InChI=1S/C12H12BrN3OS/c1-14-9(10-2-3-11(13)17-10)6-8-7-16-4-5-18-12(16)15-8/h2-5,7,9,14H,6H2,1H3. The van der Waals surface area contributed by atoms with E-state index in [0.717, 1.165) is 27.5 Å². The van der Waals surface area contributed by atoms with Crippen molar-refractivity contribution in [3.05, 3.63) is 46.0 Å². The second kappa shape index (κ2) is 4.87. The quantitative estimate of drug-likeness (QED) is 0.800. The number of rotatable bonds is 4. The maximum Gasteiger partial charge on any atom is 0.193 e. The molecule has 0 amide bonds. The number of nitrogens with one attached hydrogen (secondary N) is 1. The fourth-order valence-electron chi connectivity index (χ4n) is 1.94. The van der Waals surface area contributed by atoms with Crippen LogP contribution in [0.15, 0.2) is 39.0 Å². The lowest BCUT2D eigenvalue weighted by Gasteiger charge is -2.11. The Kier molecular flexibility index (Phi) is 3.23. The van der Waals surface area contributed by atoms with Gasteiger partial charge >= 0.3 is 0 Å². The van der Waals surface area contributed by atoms with Crippen LogP contribution in [0, 0.1) is 0 Å².